The number of rotatable bonds is 7. The zero-order valence-electron chi connectivity index (χ0n) is 33.7. The summed E-state index contributed by atoms with van der Waals surface area (Å²) < 4.78 is 6.14. The Kier molecular flexibility index (Phi) is 8.39. The molecule has 0 saturated carbocycles. The third kappa shape index (κ3) is 5.74. The molecule has 1 aliphatic rings. The highest BCUT2D eigenvalue weighted by Gasteiger charge is 2.46. The van der Waals surface area contributed by atoms with Gasteiger partial charge in [-0.2, -0.15) is 0 Å². The molecule has 0 N–H and O–H groups in total. The monoisotopic (exact) mass is 790 g/mol. The topological polar surface area (TPSA) is 38.9 Å². The molecule has 0 aliphatic heterocycles. The van der Waals surface area contributed by atoms with Crippen molar-refractivity contribution >= 4 is 21.9 Å². The first-order valence-electron chi connectivity index (χ1n) is 21.1. The Morgan fingerprint density at radius 2 is 0.839 bits per heavy atom. The number of hydrogen-bond donors (Lipinski definition) is 0. The van der Waals surface area contributed by atoms with Crippen LogP contribution in [0.15, 0.2) is 235 Å². The van der Waals surface area contributed by atoms with Crippen LogP contribution in [0.5, 0.6) is 0 Å². The average molecular weight is 791 g/mol. The molecule has 62 heavy (non-hydrogen) atoms. The number of furan rings is 1. The van der Waals surface area contributed by atoms with E-state index in [1.807, 2.05) is 12.1 Å². The number of benzene rings is 9. The van der Waals surface area contributed by atoms with Crippen molar-refractivity contribution in [3.05, 3.63) is 253 Å². The third-order valence-electron chi connectivity index (χ3n) is 12.6. The zero-order valence-corrected chi connectivity index (χ0v) is 33.7. The first-order chi connectivity index (χ1) is 30.7. The number of fused-ring (bicyclic) bond motifs is 6. The van der Waals surface area contributed by atoms with Crippen molar-refractivity contribution < 1.29 is 4.42 Å². The molecule has 11 aromatic rings. The van der Waals surface area contributed by atoms with E-state index in [9.17, 15) is 0 Å². The highest BCUT2D eigenvalue weighted by molar-refractivity contribution is 6.06. The molecule has 9 aromatic carbocycles. The van der Waals surface area contributed by atoms with Gasteiger partial charge in [-0.1, -0.05) is 200 Å². The predicted octanol–water partition coefficient (Wildman–Crippen LogP) is 15.1. The largest absolute Gasteiger partial charge is 0.456 e. The lowest BCUT2D eigenvalue weighted by Crippen LogP contribution is -2.28. The van der Waals surface area contributed by atoms with Crippen molar-refractivity contribution in [1.29, 1.82) is 0 Å². The minimum atomic E-state index is -0.523. The molecule has 2 aromatic heterocycles. The number of nitrogens with zero attached hydrogens (tertiary/aromatic N) is 2. The van der Waals surface area contributed by atoms with Gasteiger partial charge in [0.05, 0.1) is 16.8 Å². The fourth-order valence-corrected chi connectivity index (χ4v) is 9.75. The SMILES string of the molecule is c1ccc(-c2ccccc2-c2nc(-c3ccc(-c4ccc5oc6ccccc6c5c4)cc3)cc(-c3ccc4c(c3)C(c3ccccc3)(c3ccccc3)c3ccccc3-4)n2)cc1. The standard InChI is InChI=1S/C59H38N2O/c1-4-16-40(17-5-1)46-22-10-11-25-50(46)58-60-54(41-30-28-39(29-31-41)42-33-35-57-51(36-42)49-24-13-15-27-56(49)62-57)38-55(61-58)43-32-34-48-47-23-12-14-26-52(47)59(53(48)37-43,44-18-6-2-7-19-44)45-20-8-3-9-21-45/h1-38H. The Hall–Kier alpha value is -8.14. The molecular formula is C59H38N2O. The zero-order chi connectivity index (χ0) is 41.0. The highest BCUT2D eigenvalue weighted by Crippen LogP contribution is 2.56. The lowest BCUT2D eigenvalue weighted by atomic mass is 9.67. The molecule has 0 radical (unpaired) electrons. The Labute approximate surface area is 360 Å². The van der Waals surface area contributed by atoms with Gasteiger partial charge in [-0.3, -0.25) is 0 Å². The van der Waals surface area contributed by atoms with Crippen LogP contribution < -0.4 is 0 Å². The molecule has 0 saturated heterocycles. The van der Waals surface area contributed by atoms with E-state index in [1.54, 1.807) is 0 Å². The smallest absolute Gasteiger partial charge is 0.161 e. The molecule has 290 valence electrons. The lowest BCUT2D eigenvalue weighted by Gasteiger charge is -2.34. The van der Waals surface area contributed by atoms with Gasteiger partial charge in [0.25, 0.3) is 0 Å². The Balaban J connectivity index is 1.04. The van der Waals surface area contributed by atoms with Crippen molar-refractivity contribution in [2.24, 2.45) is 0 Å². The quantitative estimate of drug-likeness (QED) is 0.161. The van der Waals surface area contributed by atoms with Crippen LogP contribution in [0, 0.1) is 0 Å². The van der Waals surface area contributed by atoms with Gasteiger partial charge in [-0.25, -0.2) is 9.97 Å². The van der Waals surface area contributed by atoms with Crippen molar-refractivity contribution in [3.8, 4) is 67.3 Å². The van der Waals surface area contributed by atoms with E-state index in [-0.39, 0.29) is 0 Å². The maximum Gasteiger partial charge on any atom is 0.161 e. The van der Waals surface area contributed by atoms with Crippen LogP contribution in [0.4, 0.5) is 0 Å². The molecule has 2 heterocycles. The molecule has 12 rings (SSSR count). The summed E-state index contributed by atoms with van der Waals surface area (Å²) in [6, 6.07) is 82.2. The second kappa shape index (κ2) is 14.5. The van der Waals surface area contributed by atoms with Gasteiger partial charge in [-0.15, -0.1) is 0 Å². The van der Waals surface area contributed by atoms with Crippen LogP contribution in [0.2, 0.25) is 0 Å². The molecule has 0 unspecified atom stereocenters. The van der Waals surface area contributed by atoms with Crippen molar-refractivity contribution in [2.75, 3.05) is 0 Å². The van der Waals surface area contributed by atoms with E-state index in [1.165, 1.54) is 33.4 Å². The number of para-hydroxylation sites is 1. The van der Waals surface area contributed by atoms with Crippen LogP contribution in [0.25, 0.3) is 89.2 Å². The summed E-state index contributed by atoms with van der Waals surface area (Å²) in [5.74, 6) is 0.680. The van der Waals surface area contributed by atoms with Crippen LogP contribution in [-0.4, -0.2) is 9.97 Å². The van der Waals surface area contributed by atoms with E-state index in [0.717, 1.165) is 72.3 Å². The minimum absolute atomic E-state index is 0.523. The van der Waals surface area contributed by atoms with Gasteiger partial charge < -0.3 is 4.42 Å². The first kappa shape index (κ1) is 35.8. The molecule has 0 bridgehead atoms. The van der Waals surface area contributed by atoms with Gasteiger partial charge in [-0.05, 0) is 86.0 Å². The summed E-state index contributed by atoms with van der Waals surface area (Å²) in [6.45, 7) is 0. The molecule has 3 heteroatoms. The first-order valence-corrected chi connectivity index (χ1v) is 21.1. The summed E-state index contributed by atoms with van der Waals surface area (Å²) in [7, 11) is 0. The maximum absolute atomic E-state index is 6.14. The molecule has 0 amide bonds. The van der Waals surface area contributed by atoms with Crippen LogP contribution in [0.1, 0.15) is 22.3 Å². The molecule has 0 fully saturated rings. The Bertz CT molecular complexity index is 3400. The van der Waals surface area contributed by atoms with Gasteiger partial charge >= 0.3 is 0 Å². The van der Waals surface area contributed by atoms with Gasteiger partial charge in [0, 0.05) is 27.5 Å². The van der Waals surface area contributed by atoms with E-state index in [0.29, 0.717) is 5.82 Å². The molecule has 3 nitrogen and oxygen atoms in total. The predicted molar refractivity (Wildman–Crippen MR) is 254 cm³/mol. The molecule has 0 atom stereocenters. The van der Waals surface area contributed by atoms with E-state index in [4.69, 9.17) is 14.4 Å². The van der Waals surface area contributed by atoms with E-state index in [2.05, 4.69) is 218 Å². The molecule has 0 spiro atoms. The summed E-state index contributed by atoms with van der Waals surface area (Å²) in [6.07, 6.45) is 0. The fraction of sp³-hybridized carbons (Fsp3) is 0.0169. The van der Waals surface area contributed by atoms with Gasteiger partial charge in [0.1, 0.15) is 11.2 Å². The van der Waals surface area contributed by atoms with Crippen molar-refractivity contribution in [1.82, 2.24) is 9.97 Å². The lowest BCUT2D eigenvalue weighted by molar-refractivity contribution is 0.669. The fourth-order valence-electron chi connectivity index (χ4n) is 9.75. The summed E-state index contributed by atoms with van der Waals surface area (Å²) in [5, 5.41) is 2.24. The number of hydrogen-bond acceptors (Lipinski definition) is 3. The summed E-state index contributed by atoms with van der Waals surface area (Å²) in [4.78, 5) is 10.8. The second-order valence-electron chi connectivity index (χ2n) is 16.0. The maximum atomic E-state index is 6.14. The van der Waals surface area contributed by atoms with E-state index < -0.39 is 5.41 Å². The van der Waals surface area contributed by atoms with E-state index >= 15 is 0 Å². The number of aromatic nitrogens is 2. The van der Waals surface area contributed by atoms with Gasteiger partial charge in [0.15, 0.2) is 5.82 Å². The Morgan fingerprint density at radius 1 is 0.306 bits per heavy atom. The second-order valence-corrected chi connectivity index (χ2v) is 16.0. The summed E-state index contributed by atoms with van der Waals surface area (Å²) in [5.41, 5.74) is 18.0. The normalized spacial score (nSPS) is 12.6. The third-order valence-corrected chi connectivity index (χ3v) is 12.6. The van der Waals surface area contributed by atoms with Crippen molar-refractivity contribution in [2.45, 2.75) is 5.41 Å². The molecule has 1 aliphatic carbocycles. The Morgan fingerprint density at radius 3 is 1.58 bits per heavy atom. The van der Waals surface area contributed by atoms with Gasteiger partial charge in [0.2, 0.25) is 0 Å². The minimum Gasteiger partial charge on any atom is -0.456 e. The van der Waals surface area contributed by atoms with Crippen LogP contribution in [0.3, 0.4) is 0 Å². The van der Waals surface area contributed by atoms with Crippen molar-refractivity contribution in [3.63, 3.8) is 0 Å². The highest BCUT2D eigenvalue weighted by atomic mass is 16.3. The molecular weight excluding hydrogens is 753 g/mol. The average Bonchev–Trinajstić information content (AvgIpc) is 3.88. The summed E-state index contributed by atoms with van der Waals surface area (Å²) >= 11 is 0. The van der Waals surface area contributed by atoms with Crippen LogP contribution in [-0.2, 0) is 5.41 Å². The van der Waals surface area contributed by atoms with Crippen LogP contribution >= 0.6 is 0 Å².